The van der Waals surface area contributed by atoms with Gasteiger partial charge in [-0.3, -0.25) is 4.79 Å². The number of methoxy groups -OCH3 is 1. The van der Waals surface area contributed by atoms with E-state index in [1.165, 1.54) is 0 Å². The monoisotopic (exact) mass is 368 g/mol. The van der Waals surface area contributed by atoms with E-state index in [2.05, 4.69) is 35.8 Å². The number of hydrogen-bond acceptors (Lipinski definition) is 5. The smallest absolute Gasteiger partial charge is 0.310 e. The molecule has 0 unspecified atom stereocenters. The first-order chi connectivity index (χ1) is 12.9. The zero-order chi connectivity index (χ0) is 19.2. The van der Waals surface area contributed by atoms with E-state index in [9.17, 15) is 4.79 Å². The molecule has 2 aliphatic heterocycles. The van der Waals surface area contributed by atoms with Gasteiger partial charge >= 0.3 is 5.97 Å². The summed E-state index contributed by atoms with van der Waals surface area (Å²) < 4.78 is 11.5. The largest absolute Gasteiger partial charge is 0.497 e. The molecule has 6 nitrogen and oxygen atoms in total. The number of aliphatic carboxylic acids is 1. The van der Waals surface area contributed by atoms with Crippen molar-refractivity contribution in [3.05, 3.63) is 42.5 Å². The van der Waals surface area contributed by atoms with Gasteiger partial charge in [0.15, 0.2) is 0 Å². The summed E-state index contributed by atoms with van der Waals surface area (Å²) in [6.07, 6.45) is 0. The van der Waals surface area contributed by atoms with Crippen LogP contribution >= 0.6 is 0 Å². The fourth-order valence-corrected chi connectivity index (χ4v) is 3.66. The van der Waals surface area contributed by atoms with Crippen LogP contribution in [0.1, 0.15) is 13.8 Å². The molecule has 0 saturated carbocycles. The number of anilines is 3. The number of ether oxygens (including phenoxy) is 2. The molecule has 0 amide bonds. The van der Waals surface area contributed by atoms with Gasteiger partial charge in [-0.25, -0.2) is 0 Å². The number of carboxylic acids is 1. The number of carbonyl (C=O) groups is 1. The van der Waals surface area contributed by atoms with Gasteiger partial charge < -0.3 is 24.4 Å². The summed E-state index contributed by atoms with van der Waals surface area (Å²) in [4.78, 5) is 15.4. The van der Waals surface area contributed by atoms with E-state index in [1.807, 2.05) is 30.3 Å². The maximum Gasteiger partial charge on any atom is 0.310 e. The molecule has 2 heterocycles. The Balaban J connectivity index is 1.65. The zero-order valence-corrected chi connectivity index (χ0v) is 15.8. The normalized spacial score (nSPS) is 18.3. The topological polar surface area (TPSA) is 62.2 Å². The van der Waals surface area contributed by atoms with E-state index in [-0.39, 0.29) is 11.5 Å². The molecule has 6 heteroatoms. The molecular weight excluding hydrogens is 344 g/mol. The Morgan fingerprint density at radius 1 is 1.19 bits per heavy atom. The SMILES string of the molecule is COc1ccc2c(c1)OC(C)(C)CN2c1cccc(N2CC(C(=O)O)C2)c1. The van der Waals surface area contributed by atoms with E-state index in [1.54, 1.807) is 7.11 Å². The van der Waals surface area contributed by atoms with Crippen molar-refractivity contribution in [1.29, 1.82) is 0 Å². The number of nitrogens with zero attached hydrogens (tertiary/aromatic N) is 2. The Hall–Kier alpha value is -2.89. The number of rotatable bonds is 4. The minimum absolute atomic E-state index is 0.274. The predicted octanol–water partition coefficient (Wildman–Crippen LogP) is 3.53. The Bertz CT molecular complexity index is 874. The molecule has 0 atom stereocenters. The highest BCUT2D eigenvalue weighted by molar-refractivity contribution is 5.77. The van der Waals surface area contributed by atoms with E-state index in [0.29, 0.717) is 19.6 Å². The molecule has 142 valence electrons. The van der Waals surface area contributed by atoms with Crippen LogP contribution in [0.2, 0.25) is 0 Å². The lowest BCUT2D eigenvalue weighted by Crippen LogP contribution is -2.50. The summed E-state index contributed by atoms with van der Waals surface area (Å²) in [5.41, 5.74) is 2.76. The minimum Gasteiger partial charge on any atom is -0.497 e. The van der Waals surface area contributed by atoms with E-state index >= 15 is 0 Å². The third kappa shape index (κ3) is 3.27. The first-order valence-corrected chi connectivity index (χ1v) is 9.09. The number of carboxylic acid groups (broad SMARTS) is 1. The van der Waals surface area contributed by atoms with E-state index in [4.69, 9.17) is 14.6 Å². The molecule has 0 spiro atoms. The Kier molecular flexibility index (Phi) is 4.13. The first kappa shape index (κ1) is 17.5. The Morgan fingerprint density at radius 2 is 1.93 bits per heavy atom. The highest BCUT2D eigenvalue weighted by Gasteiger charge is 2.35. The van der Waals surface area contributed by atoms with Crippen molar-refractivity contribution in [2.24, 2.45) is 5.92 Å². The van der Waals surface area contributed by atoms with Crippen LogP contribution in [0.15, 0.2) is 42.5 Å². The fraction of sp³-hybridized carbons (Fsp3) is 0.381. The van der Waals surface area contributed by atoms with Crippen LogP contribution in [0.3, 0.4) is 0 Å². The van der Waals surface area contributed by atoms with Crippen LogP contribution in [-0.4, -0.2) is 43.4 Å². The van der Waals surface area contributed by atoms with Crippen molar-refractivity contribution in [2.45, 2.75) is 19.4 Å². The molecule has 0 bridgehead atoms. The lowest BCUT2D eigenvalue weighted by molar-refractivity contribution is -0.142. The molecule has 4 rings (SSSR count). The molecule has 0 radical (unpaired) electrons. The summed E-state index contributed by atoms with van der Waals surface area (Å²) in [5, 5.41) is 9.11. The van der Waals surface area contributed by atoms with Gasteiger partial charge in [0.25, 0.3) is 0 Å². The average molecular weight is 368 g/mol. The average Bonchev–Trinajstić information content (AvgIpc) is 2.58. The summed E-state index contributed by atoms with van der Waals surface area (Å²) >= 11 is 0. The molecule has 0 aliphatic carbocycles. The third-order valence-electron chi connectivity index (χ3n) is 5.12. The summed E-state index contributed by atoms with van der Waals surface area (Å²) in [6.45, 7) is 5.97. The highest BCUT2D eigenvalue weighted by atomic mass is 16.5. The van der Waals surface area contributed by atoms with Gasteiger partial charge in [-0.15, -0.1) is 0 Å². The number of hydrogen-bond donors (Lipinski definition) is 1. The maximum atomic E-state index is 11.1. The van der Waals surface area contributed by atoms with Crippen LogP contribution in [0, 0.1) is 5.92 Å². The van der Waals surface area contributed by atoms with Gasteiger partial charge in [-0.2, -0.15) is 0 Å². The fourth-order valence-electron chi connectivity index (χ4n) is 3.66. The molecular formula is C21H24N2O4. The van der Waals surface area contributed by atoms with Crippen molar-refractivity contribution >= 4 is 23.0 Å². The van der Waals surface area contributed by atoms with Gasteiger partial charge in [0, 0.05) is 30.5 Å². The van der Waals surface area contributed by atoms with Gasteiger partial charge in [0.2, 0.25) is 0 Å². The second-order valence-electron chi connectivity index (χ2n) is 7.74. The van der Waals surface area contributed by atoms with Gasteiger partial charge in [-0.1, -0.05) is 6.07 Å². The van der Waals surface area contributed by atoms with Crippen molar-refractivity contribution in [3.8, 4) is 11.5 Å². The van der Waals surface area contributed by atoms with Crippen LogP contribution in [0.25, 0.3) is 0 Å². The van der Waals surface area contributed by atoms with Gasteiger partial charge in [0.1, 0.15) is 17.1 Å². The quantitative estimate of drug-likeness (QED) is 0.891. The van der Waals surface area contributed by atoms with Crippen LogP contribution in [0.4, 0.5) is 17.1 Å². The lowest BCUT2D eigenvalue weighted by Gasteiger charge is -2.42. The van der Waals surface area contributed by atoms with E-state index in [0.717, 1.165) is 28.6 Å². The van der Waals surface area contributed by atoms with Gasteiger partial charge in [-0.05, 0) is 44.2 Å². The molecule has 2 aliphatic rings. The summed E-state index contributed by atoms with van der Waals surface area (Å²) in [5.74, 6) is 0.565. The second kappa shape index (κ2) is 6.37. The number of fused-ring (bicyclic) bond motifs is 1. The van der Waals surface area contributed by atoms with Crippen LogP contribution < -0.4 is 19.3 Å². The van der Waals surface area contributed by atoms with Crippen molar-refractivity contribution < 1.29 is 19.4 Å². The Morgan fingerprint density at radius 3 is 2.63 bits per heavy atom. The predicted molar refractivity (Wildman–Crippen MR) is 104 cm³/mol. The standard InChI is InChI=1S/C21H24N2O4/c1-21(2)13-23(18-8-7-17(26-3)10-19(18)27-21)16-6-4-5-15(9-16)22-11-14(12-22)20(24)25/h4-10,14H,11-13H2,1-3H3,(H,24,25). The third-order valence-corrected chi connectivity index (χ3v) is 5.12. The van der Waals surface area contributed by atoms with Crippen molar-refractivity contribution in [2.75, 3.05) is 36.5 Å². The van der Waals surface area contributed by atoms with Crippen LogP contribution in [0.5, 0.6) is 11.5 Å². The molecule has 2 aromatic carbocycles. The summed E-state index contributed by atoms with van der Waals surface area (Å²) in [6, 6.07) is 14.1. The molecule has 0 aromatic heterocycles. The molecule has 1 N–H and O–H groups in total. The maximum absolute atomic E-state index is 11.1. The molecule has 1 saturated heterocycles. The minimum atomic E-state index is -0.722. The van der Waals surface area contributed by atoms with Crippen LogP contribution in [-0.2, 0) is 4.79 Å². The summed E-state index contributed by atoms with van der Waals surface area (Å²) in [7, 11) is 1.65. The van der Waals surface area contributed by atoms with Gasteiger partial charge in [0.05, 0.1) is 25.3 Å². The number of benzene rings is 2. The second-order valence-corrected chi connectivity index (χ2v) is 7.74. The molecule has 27 heavy (non-hydrogen) atoms. The van der Waals surface area contributed by atoms with Crippen molar-refractivity contribution in [3.63, 3.8) is 0 Å². The highest BCUT2D eigenvalue weighted by Crippen LogP contribution is 2.43. The lowest BCUT2D eigenvalue weighted by atomic mass is 9.99. The molecule has 2 aromatic rings. The zero-order valence-electron chi connectivity index (χ0n) is 15.8. The first-order valence-electron chi connectivity index (χ1n) is 9.09. The van der Waals surface area contributed by atoms with E-state index < -0.39 is 5.97 Å². The van der Waals surface area contributed by atoms with Crippen molar-refractivity contribution in [1.82, 2.24) is 0 Å². The molecule has 1 fully saturated rings. The Labute approximate surface area is 158 Å².